The molecular weight excluding hydrogens is 246 g/mol. The maximum Gasteiger partial charge on any atom is 0.0450 e. The SMILES string of the molecule is CN1CCN(CCNCc2ccccc2Cl)CC1. The highest BCUT2D eigenvalue weighted by atomic mass is 35.5. The van der Waals surface area contributed by atoms with Gasteiger partial charge in [-0.25, -0.2) is 0 Å². The topological polar surface area (TPSA) is 18.5 Å². The smallest absolute Gasteiger partial charge is 0.0450 e. The molecular formula is C14H22ClN3. The summed E-state index contributed by atoms with van der Waals surface area (Å²) in [6.45, 7) is 7.74. The number of hydrogen-bond acceptors (Lipinski definition) is 3. The van der Waals surface area contributed by atoms with Crippen LogP contribution >= 0.6 is 11.6 Å². The van der Waals surface area contributed by atoms with E-state index in [0.717, 1.165) is 24.7 Å². The lowest BCUT2D eigenvalue weighted by molar-refractivity contribution is 0.154. The zero-order valence-corrected chi connectivity index (χ0v) is 11.8. The Balaban J connectivity index is 1.63. The second kappa shape index (κ2) is 7.10. The van der Waals surface area contributed by atoms with Crippen molar-refractivity contribution in [2.45, 2.75) is 6.54 Å². The van der Waals surface area contributed by atoms with E-state index in [2.05, 4.69) is 28.2 Å². The van der Waals surface area contributed by atoms with E-state index in [4.69, 9.17) is 11.6 Å². The van der Waals surface area contributed by atoms with E-state index < -0.39 is 0 Å². The molecule has 0 spiro atoms. The molecule has 1 aromatic carbocycles. The molecule has 100 valence electrons. The lowest BCUT2D eigenvalue weighted by Crippen LogP contribution is -2.46. The summed E-state index contributed by atoms with van der Waals surface area (Å²) in [5.41, 5.74) is 1.18. The van der Waals surface area contributed by atoms with Gasteiger partial charge in [0, 0.05) is 50.8 Å². The number of nitrogens with zero attached hydrogens (tertiary/aromatic N) is 2. The van der Waals surface area contributed by atoms with E-state index in [9.17, 15) is 0 Å². The number of benzene rings is 1. The van der Waals surface area contributed by atoms with E-state index >= 15 is 0 Å². The summed E-state index contributed by atoms with van der Waals surface area (Å²) in [7, 11) is 2.19. The first-order chi connectivity index (χ1) is 8.75. The minimum absolute atomic E-state index is 0.851. The molecule has 1 N–H and O–H groups in total. The number of piperazine rings is 1. The van der Waals surface area contributed by atoms with Crippen LogP contribution in [-0.2, 0) is 6.54 Å². The summed E-state index contributed by atoms with van der Waals surface area (Å²) in [6.07, 6.45) is 0. The number of hydrogen-bond donors (Lipinski definition) is 1. The molecule has 1 aliphatic rings. The van der Waals surface area contributed by atoms with Crippen molar-refractivity contribution in [2.24, 2.45) is 0 Å². The Morgan fingerprint density at radius 3 is 2.61 bits per heavy atom. The first-order valence-electron chi connectivity index (χ1n) is 6.61. The monoisotopic (exact) mass is 267 g/mol. The van der Waals surface area contributed by atoms with Crippen molar-refractivity contribution in [3.63, 3.8) is 0 Å². The van der Waals surface area contributed by atoms with Crippen molar-refractivity contribution in [3.8, 4) is 0 Å². The van der Waals surface area contributed by atoms with Gasteiger partial charge in [0.25, 0.3) is 0 Å². The molecule has 4 heteroatoms. The summed E-state index contributed by atoms with van der Waals surface area (Å²) in [4.78, 5) is 4.90. The minimum atomic E-state index is 0.851. The zero-order valence-electron chi connectivity index (χ0n) is 11.0. The fraction of sp³-hybridized carbons (Fsp3) is 0.571. The van der Waals surface area contributed by atoms with Crippen molar-refractivity contribution in [1.29, 1.82) is 0 Å². The van der Waals surface area contributed by atoms with Gasteiger partial charge < -0.3 is 10.2 Å². The van der Waals surface area contributed by atoms with Gasteiger partial charge in [0.1, 0.15) is 0 Å². The highest BCUT2D eigenvalue weighted by molar-refractivity contribution is 6.31. The summed E-state index contributed by atoms with van der Waals surface area (Å²) in [6, 6.07) is 8.02. The quantitative estimate of drug-likeness (QED) is 0.819. The van der Waals surface area contributed by atoms with E-state index in [1.54, 1.807) is 0 Å². The van der Waals surface area contributed by atoms with Gasteiger partial charge in [-0.2, -0.15) is 0 Å². The molecule has 0 unspecified atom stereocenters. The van der Waals surface area contributed by atoms with Crippen molar-refractivity contribution < 1.29 is 0 Å². The molecule has 3 nitrogen and oxygen atoms in total. The van der Waals surface area contributed by atoms with Crippen molar-refractivity contribution in [3.05, 3.63) is 34.9 Å². The van der Waals surface area contributed by atoms with Crippen LogP contribution in [0.5, 0.6) is 0 Å². The number of likely N-dealkylation sites (N-methyl/N-ethyl adjacent to an activating group) is 1. The van der Waals surface area contributed by atoms with Crippen LogP contribution in [0.1, 0.15) is 5.56 Å². The lowest BCUT2D eigenvalue weighted by Gasteiger charge is -2.32. The van der Waals surface area contributed by atoms with Gasteiger partial charge in [0.15, 0.2) is 0 Å². The van der Waals surface area contributed by atoms with Crippen LogP contribution < -0.4 is 5.32 Å². The predicted octanol–water partition coefficient (Wildman–Crippen LogP) is 1.68. The first kappa shape index (κ1) is 13.8. The number of rotatable bonds is 5. The minimum Gasteiger partial charge on any atom is -0.311 e. The molecule has 0 atom stereocenters. The van der Waals surface area contributed by atoms with Gasteiger partial charge in [-0.15, -0.1) is 0 Å². The average molecular weight is 268 g/mol. The van der Waals surface area contributed by atoms with Gasteiger partial charge >= 0.3 is 0 Å². The molecule has 1 aromatic rings. The van der Waals surface area contributed by atoms with Crippen LogP contribution in [0.15, 0.2) is 24.3 Å². The fourth-order valence-electron chi connectivity index (χ4n) is 2.17. The Kier molecular flexibility index (Phi) is 5.45. The molecule has 0 aromatic heterocycles. The molecule has 1 aliphatic heterocycles. The second-order valence-electron chi connectivity index (χ2n) is 4.91. The van der Waals surface area contributed by atoms with Crippen LogP contribution in [0.2, 0.25) is 5.02 Å². The summed E-state index contributed by atoms with van der Waals surface area (Å²) >= 11 is 6.11. The Bertz CT molecular complexity index is 362. The van der Waals surface area contributed by atoms with Crippen LogP contribution in [0.4, 0.5) is 0 Å². The molecule has 0 bridgehead atoms. The second-order valence-corrected chi connectivity index (χ2v) is 5.32. The maximum absolute atomic E-state index is 6.11. The van der Waals surface area contributed by atoms with Gasteiger partial charge in [0.05, 0.1) is 0 Å². The summed E-state index contributed by atoms with van der Waals surface area (Å²) in [5, 5.41) is 4.31. The van der Waals surface area contributed by atoms with Crippen LogP contribution in [0.3, 0.4) is 0 Å². The Morgan fingerprint density at radius 1 is 1.17 bits per heavy atom. The molecule has 0 aliphatic carbocycles. The Labute approximate surface area is 115 Å². The third-order valence-corrected chi connectivity index (χ3v) is 3.84. The normalized spacial score (nSPS) is 18.1. The Morgan fingerprint density at radius 2 is 1.89 bits per heavy atom. The van der Waals surface area contributed by atoms with Gasteiger partial charge in [0.2, 0.25) is 0 Å². The molecule has 1 fully saturated rings. The molecule has 1 saturated heterocycles. The van der Waals surface area contributed by atoms with E-state index in [1.165, 1.54) is 31.7 Å². The van der Waals surface area contributed by atoms with E-state index in [0.29, 0.717) is 0 Å². The highest BCUT2D eigenvalue weighted by Crippen LogP contribution is 2.14. The van der Waals surface area contributed by atoms with Crippen LogP contribution in [0, 0.1) is 0 Å². The predicted molar refractivity (Wildman–Crippen MR) is 77.1 cm³/mol. The molecule has 2 rings (SSSR count). The third kappa shape index (κ3) is 4.25. The van der Waals surface area contributed by atoms with Gasteiger partial charge in [-0.05, 0) is 18.7 Å². The molecule has 18 heavy (non-hydrogen) atoms. The zero-order chi connectivity index (χ0) is 12.8. The molecule has 0 saturated carbocycles. The highest BCUT2D eigenvalue weighted by Gasteiger charge is 2.12. The van der Waals surface area contributed by atoms with Crippen molar-refractivity contribution in [2.75, 3.05) is 46.3 Å². The Hall–Kier alpha value is -0.610. The van der Waals surface area contributed by atoms with Crippen molar-refractivity contribution >= 4 is 11.6 Å². The molecule has 0 amide bonds. The summed E-state index contributed by atoms with van der Waals surface area (Å²) in [5.74, 6) is 0. The van der Waals surface area contributed by atoms with Gasteiger partial charge in [-0.1, -0.05) is 29.8 Å². The molecule has 1 heterocycles. The van der Waals surface area contributed by atoms with Crippen molar-refractivity contribution in [1.82, 2.24) is 15.1 Å². The summed E-state index contributed by atoms with van der Waals surface area (Å²) < 4.78 is 0. The maximum atomic E-state index is 6.11. The lowest BCUT2D eigenvalue weighted by atomic mass is 10.2. The largest absolute Gasteiger partial charge is 0.311 e. The molecule has 0 radical (unpaired) electrons. The average Bonchev–Trinajstić information content (AvgIpc) is 2.39. The standard InChI is InChI=1S/C14H22ClN3/c1-17-8-10-18(11-9-17)7-6-16-12-13-4-2-3-5-14(13)15/h2-5,16H,6-12H2,1H3. The van der Waals surface area contributed by atoms with Gasteiger partial charge in [-0.3, -0.25) is 4.90 Å². The number of halogens is 1. The van der Waals surface area contributed by atoms with Crippen LogP contribution in [0.25, 0.3) is 0 Å². The number of nitrogens with one attached hydrogen (secondary N) is 1. The third-order valence-electron chi connectivity index (χ3n) is 3.47. The first-order valence-corrected chi connectivity index (χ1v) is 6.98. The fourth-order valence-corrected chi connectivity index (χ4v) is 2.38. The van der Waals surface area contributed by atoms with E-state index in [-0.39, 0.29) is 0 Å². The van der Waals surface area contributed by atoms with Crippen LogP contribution in [-0.4, -0.2) is 56.1 Å². The van der Waals surface area contributed by atoms with E-state index in [1.807, 2.05) is 18.2 Å².